The molecule has 0 fully saturated rings. The normalized spacial score (nSPS) is 17.2. The number of nitrogens with zero attached hydrogens (tertiary/aromatic N) is 2. The molecule has 1 atom stereocenters. The monoisotopic (exact) mass is 443 g/mol. The molecule has 32 heavy (non-hydrogen) atoms. The summed E-state index contributed by atoms with van der Waals surface area (Å²) in [5.41, 5.74) is 6.50. The van der Waals surface area contributed by atoms with Crippen molar-refractivity contribution in [3.63, 3.8) is 0 Å². The maximum atomic E-state index is 10.1. The van der Waals surface area contributed by atoms with Gasteiger partial charge in [-0.1, -0.05) is 18.2 Å². The highest BCUT2D eigenvalue weighted by Crippen LogP contribution is 2.38. The van der Waals surface area contributed by atoms with Crippen LogP contribution in [-0.4, -0.2) is 29.8 Å². The molecular weight excluding hydrogens is 418 g/mol. The Labute approximate surface area is 191 Å². The van der Waals surface area contributed by atoms with Gasteiger partial charge in [0.05, 0.1) is 24.0 Å². The lowest BCUT2D eigenvalue weighted by molar-refractivity contribution is 0.176. The molecule has 5 nitrogen and oxygen atoms in total. The molecule has 0 spiro atoms. The topological polar surface area (TPSA) is 57.6 Å². The summed E-state index contributed by atoms with van der Waals surface area (Å²) < 4.78 is 7.37. The van der Waals surface area contributed by atoms with Crippen LogP contribution in [-0.2, 0) is 12.8 Å². The second-order valence-electron chi connectivity index (χ2n) is 8.43. The minimum absolute atomic E-state index is 0.451. The SMILES string of the molecule is O[C@H]1CCc2c(Nc3ccc4c(c3)OCCN4CCc3csc4ccccc34)ccnc21. The van der Waals surface area contributed by atoms with Gasteiger partial charge < -0.3 is 20.1 Å². The van der Waals surface area contributed by atoms with Crippen LogP contribution in [0, 0.1) is 0 Å². The van der Waals surface area contributed by atoms with E-state index in [-0.39, 0.29) is 0 Å². The molecule has 0 unspecified atom stereocenters. The number of hydrogen-bond donors (Lipinski definition) is 2. The number of thiophene rings is 1. The van der Waals surface area contributed by atoms with Crippen LogP contribution in [0.15, 0.2) is 60.1 Å². The minimum atomic E-state index is -0.451. The van der Waals surface area contributed by atoms with E-state index in [0.717, 1.165) is 66.4 Å². The number of benzene rings is 2. The predicted octanol–water partition coefficient (Wildman–Crippen LogP) is 5.46. The first-order chi connectivity index (χ1) is 15.8. The molecule has 2 N–H and O–H groups in total. The van der Waals surface area contributed by atoms with Crippen molar-refractivity contribution in [3.8, 4) is 5.75 Å². The summed E-state index contributed by atoms with van der Waals surface area (Å²) in [6, 6.07) is 17.0. The molecule has 162 valence electrons. The van der Waals surface area contributed by atoms with Gasteiger partial charge >= 0.3 is 0 Å². The van der Waals surface area contributed by atoms with E-state index in [1.807, 2.05) is 17.4 Å². The first kappa shape index (κ1) is 19.6. The van der Waals surface area contributed by atoms with E-state index >= 15 is 0 Å². The van der Waals surface area contributed by atoms with Gasteiger partial charge in [-0.15, -0.1) is 11.3 Å². The number of hydrogen-bond acceptors (Lipinski definition) is 6. The third-order valence-electron chi connectivity index (χ3n) is 6.48. The fourth-order valence-corrected chi connectivity index (χ4v) is 5.82. The van der Waals surface area contributed by atoms with E-state index in [2.05, 4.69) is 63.0 Å². The standard InChI is InChI=1S/C26H25N3O2S/c30-23-8-6-20-21(9-11-27-26(20)23)28-18-5-7-22-24(15-18)31-14-13-29(22)12-10-17-16-32-25-4-2-1-3-19(17)25/h1-5,7,9,11,15-16,23,30H,6,8,10,12-14H2,(H,27,28)/t23-/m0/s1. The Morgan fingerprint density at radius 2 is 2.12 bits per heavy atom. The van der Waals surface area contributed by atoms with E-state index in [0.29, 0.717) is 6.61 Å². The van der Waals surface area contributed by atoms with Crippen molar-refractivity contribution >= 4 is 38.5 Å². The number of aliphatic hydroxyl groups excluding tert-OH is 1. The highest BCUT2D eigenvalue weighted by molar-refractivity contribution is 7.17. The van der Waals surface area contributed by atoms with E-state index < -0.39 is 6.10 Å². The second kappa shape index (κ2) is 8.11. The second-order valence-corrected chi connectivity index (χ2v) is 9.34. The Bertz CT molecular complexity index is 1290. The Balaban J connectivity index is 1.21. The van der Waals surface area contributed by atoms with Crippen LogP contribution in [0.4, 0.5) is 17.1 Å². The van der Waals surface area contributed by atoms with Crippen LogP contribution in [0.25, 0.3) is 10.1 Å². The average molecular weight is 444 g/mol. The van der Waals surface area contributed by atoms with Gasteiger partial charge in [-0.2, -0.15) is 0 Å². The molecule has 6 rings (SSSR count). The van der Waals surface area contributed by atoms with Gasteiger partial charge in [0.25, 0.3) is 0 Å². The van der Waals surface area contributed by atoms with Gasteiger partial charge in [-0.3, -0.25) is 4.98 Å². The van der Waals surface area contributed by atoms with Gasteiger partial charge in [0.2, 0.25) is 0 Å². The Morgan fingerprint density at radius 3 is 3.09 bits per heavy atom. The number of ether oxygens (including phenoxy) is 1. The molecule has 1 aliphatic heterocycles. The minimum Gasteiger partial charge on any atom is -0.489 e. The highest BCUT2D eigenvalue weighted by atomic mass is 32.1. The molecule has 0 amide bonds. The van der Waals surface area contributed by atoms with Gasteiger partial charge in [0.15, 0.2) is 0 Å². The highest BCUT2D eigenvalue weighted by Gasteiger charge is 2.24. The van der Waals surface area contributed by atoms with E-state index in [4.69, 9.17) is 4.74 Å². The maximum absolute atomic E-state index is 10.1. The number of rotatable bonds is 5. The van der Waals surface area contributed by atoms with E-state index in [1.165, 1.54) is 15.6 Å². The van der Waals surface area contributed by atoms with E-state index in [9.17, 15) is 5.11 Å². The summed E-state index contributed by atoms with van der Waals surface area (Å²) in [6.07, 6.45) is 3.92. The van der Waals surface area contributed by atoms with Crippen LogP contribution in [0.2, 0.25) is 0 Å². The van der Waals surface area contributed by atoms with Crippen molar-refractivity contribution in [1.82, 2.24) is 4.98 Å². The summed E-state index contributed by atoms with van der Waals surface area (Å²) in [4.78, 5) is 6.79. The zero-order chi connectivity index (χ0) is 21.5. The number of pyridine rings is 1. The quantitative estimate of drug-likeness (QED) is 0.429. The lowest BCUT2D eigenvalue weighted by atomic mass is 10.1. The lowest BCUT2D eigenvalue weighted by Crippen LogP contribution is -2.34. The summed E-state index contributed by atoms with van der Waals surface area (Å²) in [5, 5.41) is 17.3. The Kier molecular flexibility index (Phi) is 4.97. The van der Waals surface area contributed by atoms with E-state index in [1.54, 1.807) is 6.20 Å². The van der Waals surface area contributed by atoms with Gasteiger partial charge in [-0.25, -0.2) is 0 Å². The van der Waals surface area contributed by atoms with Crippen molar-refractivity contribution in [2.75, 3.05) is 29.9 Å². The fourth-order valence-electron chi connectivity index (χ4n) is 4.82. The molecule has 0 saturated carbocycles. The summed E-state index contributed by atoms with van der Waals surface area (Å²) in [7, 11) is 0. The van der Waals surface area contributed by atoms with Crippen LogP contribution in [0.5, 0.6) is 5.75 Å². The predicted molar refractivity (Wildman–Crippen MR) is 130 cm³/mol. The Hall–Kier alpha value is -3.09. The first-order valence-corrected chi connectivity index (χ1v) is 12.0. The van der Waals surface area contributed by atoms with Crippen molar-refractivity contribution in [2.45, 2.75) is 25.4 Å². The molecule has 3 heterocycles. The van der Waals surface area contributed by atoms with Crippen molar-refractivity contribution < 1.29 is 9.84 Å². The third-order valence-corrected chi connectivity index (χ3v) is 7.50. The first-order valence-electron chi connectivity index (χ1n) is 11.2. The molecule has 0 saturated heterocycles. The van der Waals surface area contributed by atoms with Gasteiger partial charge in [0, 0.05) is 34.9 Å². The van der Waals surface area contributed by atoms with Crippen LogP contribution in [0.3, 0.4) is 0 Å². The molecule has 2 aromatic heterocycles. The summed E-state index contributed by atoms with van der Waals surface area (Å²) in [6.45, 7) is 2.56. The molecule has 1 aliphatic carbocycles. The smallest absolute Gasteiger partial charge is 0.144 e. The Morgan fingerprint density at radius 1 is 1.19 bits per heavy atom. The van der Waals surface area contributed by atoms with Crippen LogP contribution in [0.1, 0.15) is 29.3 Å². The lowest BCUT2D eigenvalue weighted by Gasteiger charge is -2.31. The number of aliphatic hydroxyl groups is 1. The van der Waals surface area contributed by atoms with Crippen molar-refractivity contribution in [2.24, 2.45) is 0 Å². The van der Waals surface area contributed by atoms with Crippen LogP contribution >= 0.6 is 11.3 Å². The zero-order valence-electron chi connectivity index (χ0n) is 17.8. The van der Waals surface area contributed by atoms with Crippen molar-refractivity contribution in [3.05, 3.63) is 76.9 Å². The third kappa shape index (κ3) is 3.49. The summed E-state index contributed by atoms with van der Waals surface area (Å²) in [5.74, 6) is 0.919. The number of nitrogens with one attached hydrogen (secondary N) is 1. The van der Waals surface area contributed by atoms with Crippen LogP contribution < -0.4 is 15.0 Å². The molecule has 0 radical (unpaired) electrons. The largest absolute Gasteiger partial charge is 0.489 e. The molecular formula is C26H25N3O2S. The fraction of sp³-hybridized carbons (Fsp3) is 0.269. The summed E-state index contributed by atoms with van der Waals surface area (Å²) >= 11 is 1.83. The zero-order valence-corrected chi connectivity index (χ0v) is 18.6. The molecule has 4 aromatic rings. The molecule has 0 bridgehead atoms. The molecule has 2 aliphatic rings. The maximum Gasteiger partial charge on any atom is 0.144 e. The number of fused-ring (bicyclic) bond motifs is 3. The molecule has 6 heteroatoms. The molecule has 2 aromatic carbocycles. The number of anilines is 3. The number of aromatic nitrogens is 1. The average Bonchev–Trinajstić information content (AvgIpc) is 3.42. The van der Waals surface area contributed by atoms with Gasteiger partial charge in [0.1, 0.15) is 12.4 Å². The van der Waals surface area contributed by atoms with Crippen molar-refractivity contribution in [1.29, 1.82) is 0 Å². The van der Waals surface area contributed by atoms with Gasteiger partial charge in [-0.05, 0) is 65.4 Å².